The minimum absolute atomic E-state index is 0.116. The minimum Gasteiger partial charge on any atom is -0.469 e. The Morgan fingerprint density at radius 2 is 1.48 bits per heavy atom. The Kier molecular flexibility index (Phi) is 7.99. The van der Waals surface area contributed by atoms with E-state index in [0.717, 1.165) is 14.2 Å². The number of carbonyl (C=O) groups excluding carboxylic acids is 4. The molecule has 9 heteroatoms. The second kappa shape index (κ2) is 8.90. The normalized spacial score (nSPS) is 12.8. The molecule has 0 amide bonds. The van der Waals surface area contributed by atoms with Crippen LogP contribution in [0.1, 0.15) is 19.8 Å². The Bertz CT molecular complexity index is 404. The van der Waals surface area contributed by atoms with E-state index in [0.29, 0.717) is 0 Å². The number of carbonyl (C=O) groups is 4. The van der Waals surface area contributed by atoms with Gasteiger partial charge in [-0.05, 0) is 6.92 Å². The lowest BCUT2D eigenvalue weighted by Crippen LogP contribution is -2.44. The van der Waals surface area contributed by atoms with Gasteiger partial charge in [0.05, 0.1) is 33.7 Å². The van der Waals surface area contributed by atoms with E-state index in [4.69, 9.17) is 0 Å². The van der Waals surface area contributed by atoms with Gasteiger partial charge in [-0.25, -0.2) is 9.59 Å². The summed E-state index contributed by atoms with van der Waals surface area (Å²) in [6.07, 6.45) is -1.65. The molecule has 0 aromatic rings. The van der Waals surface area contributed by atoms with Crippen LogP contribution in [0.5, 0.6) is 0 Å². The molecule has 120 valence electrons. The van der Waals surface area contributed by atoms with Crippen LogP contribution in [0.2, 0.25) is 0 Å². The molecule has 0 aromatic heterocycles. The van der Waals surface area contributed by atoms with Gasteiger partial charge in [-0.1, -0.05) is 0 Å². The summed E-state index contributed by atoms with van der Waals surface area (Å²) in [7, 11) is 2.04. The molecule has 0 aromatic carbocycles. The van der Waals surface area contributed by atoms with Gasteiger partial charge < -0.3 is 24.1 Å². The van der Waals surface area contributed by atoms with Gasteiger partial charge in [0.15, 0.2) is 12.2 Å². The maximum Gasteiger partial charge on any atom is 0.344 e. The smallest absolute Gasteiger partial charge is 0.344 e. The monoisotopic (exact) mass is 306 g/mol. The second-order valence-electron chi connectivity index (χ2n) is 3.92. The zero-order chi connectivity index (χ0) is 16.5. The summed E-state index contributed by atoms with van der Waals surface area (Å²) in [5.74, 6) is -3.96. The summed E-state index contributed by atoms with van der Waals surface area (Å²) in [5, 5.41) is 10.0. The number of ether oxygens (including phenoxy) is 4. The molecule has 0 aliphatic carbocycles. The zero-order valence-corrected chi connectivity index (χ0v) is 12.0. The topological polar surface area (TPSA) is 125 Å². The van der Waals surface area contributed by atoms with Gasteiger partial charge >= 0.3 is 23.9 Å². The first kappa shape index (κ1) is 18.8. The third-order valence-corrected chi connectivity index (χ3v) is 2.32. The third-order valence-electron chi connectivity index (χ3n) is 2.32. The van der Waals surface area contributed by atoms with Crippen molar-refractivity contribution in [1.29, 1.82) is 0 Å². The molecule has 0 saturated carbocycles. The molecule has 9 nitrogen and oxygen atoms in total. The lowest BCUT2D eigenvalue weighted by Gasteiger charge is -2.22. The zero-order valence-electron chi connectivity index (χ0n) is 12.0. The highest BCUT2D eigenvalue weighted by Gasteiger charge is 2.42. The van der Waals surface area contributed by atoms with Crippen LogP contribution >= 0.6 is 0 Å². The highest BCUT2D eigenvalue weighted by atomic mass is 16.6. The molecular formula is C12H18O9. The Morgan fingerprint density at radius 1 is 0.905 bits per heavy atom. The van der Waals surface area contributed by atoms with Crippen molar-refractivity contribution in [3.05, 3.63) is 0 Å². The van der Waals surface area contributed by atoms with Crippen molar-refractivity contribution in [2.75, 3.05) is 27.4 Å². The Balaban J connectivity index is 4.67. The first-order chi connectivity index (χ1) is 9.78. The van der Waals surface area contributed by atoms with Gasteiger partial charge in [-0.2, -0.15) is 0 Å². The summed E-state index contributed by atoms with van der Waals surface area (Å²) in [5.41, 5.74) is -2.42. The van der Waals surface area contributed by atoms with E-state index in [9.17, 15) is 24.3 Å². The number of esters is 4. The van der Waals surface area contributed by atoms with E-state index < -0.39 is 48.9 Å². The molecule has 0 spiro atoms. The van der Waals surface area contributed by atoms with Gasteiger partial charge in [-0.3, -0.25) is 9.59 Å². The number of rotatable bonds is 8. The number of methoxy groups -OCH3 is 2. The molecule has 0 saturated heterocycles. The van der Waals surface area contributed by atoms with Crippen molar-refractivity contribution in [2.45, 2.75) is 25.4 Å². The molecule has 0 heterocycles. The SMILES string of the molecule is CCOC(=O)COC(=O)CC(O)(CC(=O)OC)C(=O)OC. The average molecular weight is 306 g/mol. The van der Waals surface area contributed by atoms with E-state index in [1.54, 1.807) is 6.92 Å². The van der Waals surface area contributed by atoms with Crippen LogP contribution in [-0.4, -0.2) is 62.0 Å². The molecular weight excluding hydrogens is 288 g/mol. The van der Waals surface area contributed by atoms with Crippen LogP contribution in [-0.2, 0) is 38.1 Å². The Labute approximate surface area is 121 Å². The van der Waals surface area contributed by atoms with Crippen molar-refractivity contribution in [1.82, 2.24) is 0 Å². The molecule has 0 aliphatic rings. The fourth-order valence-corrected chi connectivity index (χ4v) is 1.34. The summed E-state index contributed by atoms with van der Waals surface area (Å²) in [6.45, 7) is 1.03. The van der Waals surface area contributed by atoms with Gasteiger partial charge in [0.25, 0.3) is 0 Å². The standard InChI is InChI=1S/C12H18O9/c1-4-20-10(15)7-21-9(14)6-12(17,11(16)19-3)5-8(13)18-2/h17H,4-7H2,1-3H3. The fourth-order valence-electron chi connectivity index (χ4n) is 1.34. The number of hydrogen-bond donors (Lipinski definition) is 1. The summed E-state index contributed by atoms with van der Waals surface area (Å²) < 4.78 is 17.7. The average Bonchev–Trinajstić information content (AvgIpc) is 2.44. The van der Waals surface area contributed by atoms with E-state index >= 15 is 0 Å². The molecule has 0 rings (SSSR count). The fraction of sp³-hybridized carbons (Fsp3) is 0.667. The van der Waals surface area contributed by atoms with Crippen molar-refractivity contribution in [2.24, 2.45) is 0 Å². The van der Waals surface area contributed by atoms with E-state index in [1.807, 2.05) is 0 Å². The van der Waals surface area contributed by atoms with E-state index in [-0.39, 0.29) is 6.61 Å². The van der Waals surface area contributed by atoms with Crippen molar-refractivity contribution < 1.29 is 43.2 Å². The number of aliphatic hydroxyl groups is 1. The van der Waals surface area contributed by atoms with Crippen molar-refractivity contribution >= 4 is 23.9 Å². The van der Waals surface area contributed by atoms with Gasteiger partial charge in [0, 0.05) is 0 Å². The lowest BCUT2D eigenvalue weighted by atomic mass is 9.96. The first-order valence-electron chi connectivity index (χ1n) is 5.98. The Morgan fingerprint density at radius 3 is 1.95 bits per heavy atom. The quantitative estimate of drug-likeness (QED) is 0.441. The minimum atomic E-state index is -2.42. The highest BCUT2D eigenvalue weighted by Crippen LogP contribution is 2.19. The van der Waals surface area contributed by atoms with Crippen molar-refractivity contribution in [3.8, 4) is 0 Å². The third kappa shape index (κ3) is 6.70. The van der Waals surface area contributed by atoms with E-state index in [1.165, 1.54) is 0 Å². The molecule has 0 aliphatic heterocycles. The van der Waals surface area contributed by atoms with Crippen LogP contribution in [0, 0.1) is 0 Å². The lowest BCUT2D eigenvalue weighted by molar-refractivity contribution is -0.176. The van der Waals surface area contributed by atoms with Gasteiger partial charge in [0.1, 0.15) is 0 Å². The van der Waals surface area contributed by atoms with Crippen LogP contribution in [0.3, 0.4) is 0 Å². The van der Waals surface area contributed by atoms with Gasteiger partial charge in [0.2, 0.25) is 0 Å². The summed E-state index contributed by atoms with van der Waals surface area (Å²) >= 11 is 0. The highest BCUT2D eigenvalue weighted by molar-refractivity contribution is 5.90. The number of hydrogen-bond acceptors (Lipinski definition) is 9. The summed E-state index contributed by atoms with van der Waals surface area (Å²) in [6, 6.07) is 0. The molecule has 0 radical (unpaired) electrons. The molecule has 1 N–H and O–H groups in total. The van der Waals surface area contributed by atoms with Crippen LogP contribution in [0.15, 0.2) is 0 Å². The van der Waals surface area contributed by atoms with Crippen LogP contribution in [0.25, 0.3) is 0 Å². The van der Waals surface area contributed by atoms with Crippen LogP contribution in [0.4, 0.5) is 0 Å². The molecule has 1 unspecified atom stereocenters. The van der Waals surface area contributed by atoms with Crippen LogP contribution < -0.4 is 0 Å². The molecule has 0 bridgehead atoms. The van der Waals surface area contributed by atoms with E-state index in [2.05, 4.69) is 18.9 Å². The predicted molar refractivity (Wildman–Crippen MR) is 65.8 cm³/mol. The molecule has 21 heavy (non-hydrogen) atoms. The maximum atomic E-state index is 11.5. The molecule has 1 atom stereocenters. The second-order valence-corrected chi connectivity index (χ2v) is 3.92. The largest absolute Gasteiger partial charge is 0.469 e. The molecule has 0 fully saturated rings. The van der Waals surface area contributed by atoms with Gasteiger partial charge in [-0.15, -0.1) is 0 Å². The summed E-state index contributed by atoms with van der Waals surface area (Å²) in [4.78, 5) is 45.2. The first-order valence-corrected chi connectivity index (χ1v) is 5.98. The van der Waals surface area contributed by atoms with Crippen molar-refractivity contribution in [3.63, 3.8) is 0 Å². The Hall–Kier alpha value is -2.16. The predicted octanol–water partition coefficient (Wildman–Crippen LogP) is -1.05. The maximum absolute atomic E-state index is 11.5.